The van der Waals surface area contributed by atoms with Crippen LogP contribution in [0, 0.1) is 17.3 Å². The van der Waals surface area contributed by atoms with Crippen molar-refractivity contribution in [3.05, 3.63) is 0 Å². The zero-order chi connectivity index (χ0) is 22.2. The Morgan fingerprint density at radius 1 is 0.633 bits per heavy atom. The van der Waals surface area contributed by atoms with Crippen molar-refractivity contribution in [2.24, 2.45) is 17.3 Å². The van der Waals surface area contributed by atoms with Gasteiger partial charge in [-0.1, -0.05) is 98.3 Å². The molecule has 0 aromatic carbocycles. The molecule has 0 unspecified atom stereocenters. The first-order valence-electron chi connectivity index (χ1n) is 12.7. The number of hydrogen-bond acceptors (Lipinski definition) is 4. The number of rotatable bonds is 16. The predicted octanol–water partition coefficient (Wildman–Crippen LogP) is 7.24. The molecule has 0 heterocycles. The maximum absolute atomic E-state index is 12.9. The third kappa shape index (κ3) is 10.8. The Kier molecular flexibility index (Phi) is 14.1. The van der Waals surface area contributed by atoms with Gasteiger partial charge < -0.3 is 9.47 Å². The second-order valence-electron chi connectivity index (χ2n) is 10.1. The van der Waals surface area contributed by atoms with E-state index in [9.17, 15) is 9.59 Å². The van der Waals surface area contributed by atoms with Crippen LogP contribution in [0.1, 0.15) is 124 Å². The standard InChI is InChI=1S/C26H48O4/c1-22(2)16-10-5-7-14-20-29-24(27)26(18-12-9-13-19-26)25(28)30-21-15-8-6-11-17-23(3)4/h22-23H,5-21H2,1-4H3. The van der Waals surface area contributed by atoms with Crippen LogP contribution in [0.25, 0.3) is 0 Å². The first-order chi connectivity index (χ1) is 14.4. The molecular formula is C26H48O4. The van der Waals surface area contributed by atoms with Gasteiger partial charge in [-0.05, 0) is 37.5 Å². The number of ether oxygens (including phenoxy) is 2. The van der Waals surface area contributed by atoms with Crippen LogP contribution in [0.15, 0.2) is 0 Å². The monoisotopic (exact) mass is 424 g/mol. The van der Waals surface area contributed by atoms with E-state index in [2.05, 4.69) is 27.7 Å². The summed E-state index contributed by atoms with van der Waals surface area (Å²) in [5.41, 5.74) is -1.05. The number of esters is 2. The molecule has 1 saturated carbocycles. The van der Waals surface area contributed by atoms with Crippen LogP contribution in [0.4, 0.5) is 0 Å². The first kappa shape index (κ1) is 27.0. The van der Waals surface area contributed by atoms with E-state index in [4.69, 9.17) is 9.47 Å². The number of carbonyl (C=O) groups excluding carboxylic acids is 2. The molecule has 0 atom stereocenters. The Morgan fingerprint density at radius 2 is 1.03 bits per heavy atom. The minimum absolute atomic E-state index is 0.341. The minimum atomic E-state index is -1.05. The maximum atomic E-state index is 12.9. The van der Waals surface area contributed by atoms with Gasteiger partial charge in [-0.15, -0.1) is 0 Å². The topological polar surface area (TPSA) is 52.6 Å². The van der Waals surface area contributed by atoms with Gasteiger partial charge in [0, 0.05) is 0 Å². The molecule has 0 N–H and O–H groups in total. The molecule has 0 aromatic rings. The lowest BCUT2D eigenvalue weighted by Crippen LogP contribution is -2.43. The van der Waals surface area contributed by atoms with Crippen LogP contribution in [0.3, 0.4) is 0 Å². The molecule has 0 spiro atoms. The molecule has 0 bridgehead atoms. The van der Waals surface area contributed by atoms with Gasteiger partial charge >= 0.3 is 11.9 Å². The molecule has 1 rings (SSSR count). The van der Waals surface area contributed by atoms with E-state index < -0.39 is 5.41 Å². The van der Waals surface area contributed by atoms with Crippen LogP contribution in [0.2, 0.25) is 0 Å². The molecule has 1 aliphatic rings. The summed E-state index contributed by atoms with van der Waals surface area (Å²) in [6, 6.07) is 0. The second-order valence-corrected chi connectivity index (χ2v) is 10.1. The zero-order valence-corrected chi connectivity index (χ0v) is 20.3. The van der Waals surface area contributed by atoms with Crippen LogP contribution in [-0.4, -0.2) is 25.2 Å². The van der Waals surface area contributed by atoms with Gasteiger partial charge in [0.25, 0.3) is 0 Å². The van der Waals surface area contributed by atoms with E-state index in [1.54, 1.807) is 0 Å². The molecule has 1 aliphatic carbocycles. The van der Waals surface area contributed by atoms with Gasteiger partial charge in [0.05, 0.1) is 13.2 Å². The van der Waals surface area contributed by atoms with Gasteiger partial charge in [-0.3, -0.25) is 9.59 Å². The van der Waals surface area contributed by atoms with Gasteiger partial charge in [0.1, 0.15) is 0 Å². The lowest BCUT2D eigenvalue weighted by atomic mass is 9.74. The Labute approximate surface area is 185 Å². The normalized spacial score (nSPS) is 16.1. The lowest BCUT2D eigenvalue weighted by Gasteiger charge is -2.32. The van der Waals surface area contributed by atoms with Gasteiger partial charge in [0.15, 0.2) is 5.41 Å². The van der Waals surface area contributed by atoms with Crippen LogP contribution >= 0.6 is 0 Å². The van der Waals surface area contributed by atoms with Crippen molar-refractivity contribution in [3.63, 3.8) is 0 Å². The highest BCUT2D eigenvalue weighted by atomic mass is 16.6. The van der Waals surface area contributed by atoms with Gasteiger partial charge in [-0.25, -0.2) is 0 Å². The molecule has 4 heteroatoms. The predicted molar refractivity (Wildman–Crippen MR) is 123 cm³/mol. The quantitative estimate of drug-likeness (QED) is 0.149. The molecule has 176 valence electrons. The largest absolute Gasteiger partial charge is 0.465 e. The van der Waals surface area contributed by atoms with Crippen molar-refractivity contribution in [2.45, 2.75) is 124 Å². The Hall–Kier alpha value is -1.06. The maximum Gasteiger partial charge on any atom is 0.323 e. The second kappa shape index (κ2) is 15.7. The molecule has 0 saturated heterocycles. The molecule has 0 aromatic heterocycles. The fraction of sp³-hybridized carbons (Fsp3) is 0.923. The lowest BCUT2D eigenvalue weighted by molar-refractivity contribution is -0.175. The van der Waals surface area contributed by atoms with E-state index in [1.165, 1.54) is 38.5 Å². The fourth-order valence-electron chi connectivity index (χ4n) is 4.27. The van der Waals surface area contributed by atoms with E-state index >= 15 is 0 Å². The zero-order valence-electron chi connectivity index (χ0n) is 20.3. The third-order valence-corrected chi connectivity index (χ3v) is 6.31. The van der Waals surface area contributed by atoms with Gasteiger partial charge in [-0.2, -0.15) is 0 Å². The summed E-state index contributed by atoms with van der Waals surface area (Å²) in [6.07, 6.45) is 15.3. The summed E-state index contributed by atoms with van der Waals surface area (Å²) in [4.78, 5) is 25.7. The Balaban J connectivity index is 2.33. The highest BCUT2D eigenvalue weighted by Crippen LogP contribution is 2.39. The number of hydrogen-bond donors (Lipinski definition) is 0. The highest BCUT2D eigenvalue weighted by molar-refractivity contribution is 6.00. The van der Waals surface area contributed by atoms with E-state index in [1.807, 2.05) is 0 Å². The molecule has 0 amide bonds. The number of unbranched alkanes of at least 4 members (excludes halogenated alkanes) is 6. The van der Waals surface area contributed by atoms with E-state index in [0.29, 0.717) is 26.1 Å². The summed E-state index contributed by atoms with van der Waals surface area (Å²) in [5.74, 6) is 0.817. The van der Waals surface area contributed by atoms with Crippen LogP contribution in [0.5, 0.6) is 0 Å². The molecule has 4 nitrogen and oxygen atoms in total. The first-order valence-corrected chi connectivity index (χ1v) is 12.7. The summed E-state index contributed by atoms with van der Waals surface area (Å²) >= 11 is 0. The highest BCUT2D eigenvalue weighted by Gasteiger charge is 2.49. The van der Waals surface area contributed by atoms with Crippen LogP contribution in [-0.2, 0) is 19.1 Å². The van der Waals surface area contributed by atoms with Gasteiger partial charge in [0.2, 0.25) is 0 Å². The number of carbonyl (C=O) groups is 2. The summed E-state index contributed by atoms with van der Waals surface area (Å²) < 4.78 is 11.2. The molecular weight excluding hydrogens is 376 g/mol. The molecule has 0 aliphatic heterocycles. The van der Waals surface area contributed by atoms with Crippen molar-refractivity contribution in [1.82, 2.24) is 0 Å². The van der Waals surface area contributed by atoms with Crippen molar-refractivity contribution in [2.75, 3.05) is 13.2 Å². The Bertz CT molecular complexity index is 428. The minimum Gasteiger partial charge on any atom is -0.465 e. The molecule has 0 radical (unpaired) electrons. The summed E-state index contributed by atoms with van der Waals surface area (Å²) in [6.45, 7) is 9.83. The SMILES string of the molecule is CC(C)CCCCCCOC(=O)C1(C(=O)OCCCCCCC(C)C)CCCCC1. The van der Waals surface area contributed by atoms with Crippen LogP contribution < -0.4 is 0 Å². The average Bonchev–Trinajstić information content (AvgIpc) is 2.72. The van der Waals surface area contributed by atoms with Crippen molar-refractivity contribution >= 4 is 11.9 Å². The fourth-order valence-corrected chi connectivity index (χ4v) is 4.27. The van der Waals surface area contributed by atoms with Crippen molar-refractivity contribution < 1.29 is 19.1 Å². The van der Waals surface area contributed by atoms with E-state index in [-0.39, 0.29) is 11.9 Å². The molecule has 1 fully saturated rings. The third-order valence-electron chi connectivity index (χ3n) is 6.31. The smallest absolute Gasteiger partial charge is 0.323 e. The molecule has 30 heavy (non-hydrogen) atoms. The Morgan fingerprint density at radius 3 is 1.43 bits per heavy atom. The van der Waals surface area contributed by atoms with Crippen molar-refractivity contribution in [3.8, 4) is 0 Å². The van der Waals surface area contributed by atoms with Crippen molar-refractivity contribution in [1.29, 1.82) is 0 Å². The summed E-state index contributed by atoms with van der Waals surface area (Å²) in [5, 5.41) is 0. The summed E-state index contributed by atoms with van der Waals surface area (Å²) in [7, 11) is 0. The van der Waals surface area contributed by atoms with E-state index in [0.717, 1.165) is 56.8 Å². The average molecular weight is 425 g/mol.